The van der Waals surface area contributed by atoms with Gasteiger partial charge < -0.3 is 4.90 Å². The smallest absolute Gasteiger partial charge is 0.258 e. The quantitative estimate of drug-likeness (QED) is 0.942. The summed E-state index contributed by atoms with van der Waals surface area (Å²) in [6, 6.07) is 14.2. The van der Waals surface area contributed by atoms with Crippen LogP contribution in [-0.2, 0) is 10.0 Å². The monoisotopic (exact) mass is 318 g/mol. The maximum absolute atomic E-state index is 12.5. The van der Waals surface area contributed by atoms with E-state index in [-0.39, 0.29) is 5.91 Å². The molecule has 2 rings (SSSR count). The number of hydrogen-bond acceptors (Lipinski definition) is 3. The number of anilines is 2. The molecule has 5 nitrogen and oxygen atoms in total. The average Bonchev–Trinajstić information content (AvgIpc) is 2.47. The van der Waals surface area contributed by atoms with E-state index < -0.39 is 10.0 Å². The number of benzene rings is 2. The molecule has 0 fully saturated rings. The molecule has 0 bridgehead atoms. The van der Waals surface area contributed by atoms with Crippen LogP contribution in [0.15, 0.2) is 48.5 Å². The highest BCUT2D eigenvalue weighted by Gasteiger charge is 2.15. The molecule has 1 amide bonds. The maximum Gasteiger partial charge on any atom is 0.258 e. The first-order chi connectivity index (χ1) is 10.3. The van der Waals surface area contributed by atoms with Crippen LogP contribution in [-0.4, -0.2) is 27.6 Å². The summed E-state index contributed by atoms with van der Waals surface area (Å²) >= 11 is 0. The molecular weight excluding hydrogens is 300 g/mol. The second kappa shape index (κ2) is 6.19. The highest BCUT2D eigenvalue weighted by Crippen LogP contribution is 2.20. The molecule has 0 saturated heterocycles. The van der Waals surface area contributed by atoms with Crippen molar-refractivity contribution >= 4 is 27.3 Å². The molecule has 0 heterocycles. The standard InChI is InChI=1S/C16H18N2O3S/c1-12-11-13(9-10-15(12)17-22(3,20)21)16(19)18(2)14-7-5-4-6-8-14/h4-11,17H,1-3H3. The fraction of sp³-hybridized carbons (Fsp3) is 0.188. The van der Waals surface area contributed by atoms with Crippen LogP contribution in [0.5, 0.6) is 0 Å². The van der Waals surface area contributed by atoms with Crippen LogP contribution < -0.4 is 9.62 Å². The van der Waals surface area contributed by atoms with E-state index in [4.69, 9.17) is 0 Å². The first-order valence-electron chi connectivity index (χ1n) is 6.69. The van der Waals surface area contributed by atoms with Crippen LogP contribution in [0.25, 0.3) is 0 Å². The van der Waals surface area contributed by atoms with Crippen LogP contribution in [0, 0.1) is 6.92 Å². The molecule has 0 atom stereocenters. The summed E-state index contributed by atoms with van der Waals surface area (Å²) in [5.41, 5.74) is 2.46. The molecule has 0 aromatic heterocycles. The normalized spacial score (nSPS) is 11.0. The van der Waals surface area contributed by atoms with Gasteiger partial charge in [-0.15, -0.1) is 0 Å². The highest BCUT2D eigenvalue weighted by molar-refractivity contribution is 7.92. The number of carbonyl (C=O) groups excluding carboxylic acids is 1. The molecule has 0 aliphatic heterocycles. The van der Waals surface area contributed by atoms with Gasteiger partial charge in [-0.05, 0) is 42.8 Å². The van der Waals surface area contributed by atoms with Crippen molar-refractivity contribution in [3.63, 3.8) is 0 Å². The molecule has 0 aliphatic carbocycles. The zero-order valence-electron chi connectivity index (χ0n) is 12.7. The number of aryl methyl sites for hydroxylation is 1. The van der Waals surface area contributed by atoms with E-state index in [0.717, 1.165) is 11.9 Å². The topological polar surface area (TPSA) is 66.5 Å². The number of sulfonamides is 1. The number of nitrogens with one attached hydrogen (secondary N) is 1. The van der Waals surface area contributed by atoms with Gasteiger partial charge in [-0.1, -0.05) is 18.2 Å². The molecule has 0 spiro atoms. The SMILES string of the molecule is Cc1cc(C(=O)N(C)c2ccccc2)ccc1NS(C)(=O)=O. The largest absolute Gasteiger partial charge is 0.311 e. The van der Waals surface area contributed by atoms with Crippen molar-refractivity contribution in [2.45, 2.75) is 6.92 Å². The molecule has 0 saturated carbocycles. The third kappa shape index (κ3) is 3.85. The van der Waals surface area contributed by atoms with Gasteiger partial charge in [0.05, 0.1) is 11.9 Å². The van der Waals surface area contributed by atoms with Gasteiger partial charge in [-0.2, -0.15) is 0 Å². The zero-order chi connectivity index (χ0) is 16.3. The van der Waals surface area contributed by atoms with Gasteiger partial charge in [0.1, 0.15) is 0 Å². The van der Waals surface area contributed by atoms with Crippen LogP contribution in [0.2, 0.25) is 0 Å². The molecule has 116 valence electrons. The molecular formula is C16H18N2O3S. The van der Waals surface area contributed by atoms with Crippen LogP contribution >= 0.6 is 0 Å². The van der Waals surface area contributed by atoms with Gasteiger partial charge in [0.2, 0.25) is 10.0 Å². The maximum atomic E-state index is 12.5. The Labute approximate surface area is 130 Å². The number of amides is 1. The molecule has 0 aliphatic rings. The predicted octanol–water partition coefficient (Wildman–Crippen LogP) is 2.64. The van der Waals surface area contributed by atoms with Gasteiger partial charge in [0, 0.05) is 18.3 Å². The van der Waals surface area contributed by atoms with E-state index in [1.54, 1.807) is 37.1 Å². The van der Waals surface area contributed by atoms with Gasteiger partial charge in [-0.3, -0.25) is 9.52 Å². The van der Waals surface area contributed by atoms with Gasteiger partial charge in [-0.25, -0.2) is 8.42 Å². The lowest BCUT2D eigenvalue weighted by atomic mass is 10.1. The molecule has 0 radical (unpaired) electrons. The van der Waals surface area contributed by atoms with Gasteiger partial charge in [0.25, 0.3) is 5.91 Å². The Kier molecular flexibility index (Phi) is 4.51. The van der Waals surface area contributed by atoms with E-state index >= 15 is 0 Å². The second-order valence-corrected chi connectivity index (χ2v) is 6.85. The Hall–Kier alpha value is -2.34. The lowest BCUT2D eigenvalue weighted by molar-refractivity contribution is 0.0993. The summed E-state index contributed by atoms with van der Waals surface area (Å²) in [6.45, 7) is 1.76. The minimum atomic E-state index is -3.34. The first-order valence-corrected chi connectivity index (χ1v) is 8.58. The summed E-state index contributed by atoms with van der Waals surface area (Å²) < 4.78 is 25.0. The summed E-state index contributed by atoms with van der Waals surface area (Å²) in [4.78, 5) is 14.0. The van der Waals surface area contributed by atoms with Crippen molar-refractivity contribution < 1.29 is 13.2 Å². The average molecular weight is 318 g/mol. The van der Waals surface area contributed by atoms with E-state index in [9.17, 15) is 13.2 Å². The molecule has 22 heavy (non-hydrogen) atoms. The second-order valence-electron chi connectivity index (χ2n) is 5.10. The van der Waals surface area contributed by atoms with Crippen molar-refractivity contribution in [1.82, 2.24) is 0 Å². The minimum Gasteiger partial charge on any atom is -0.311 e. The van der Waals surface area contributed by atoms with E-state index in [0.29, 0.717) is 16.8 Å². The van der Waals surface area contributed by atoms with E-state index in [1.807, 2.05) is 30.3 Å². The highest BCUT2D eigenvalue weighted by atomic mass is 32.2. The van der Waals surface area contributed by atoms with Crippen molar-refractivity contribution in [1.29, 1.82) is 0 Å². The van der Waals surface area contributed by atoms with Gasteiger partial charge >= 0.3 is 0 Å². The summed E-state index contributed by atoms with van der Waals surface area (Å²) in [7, 11) is -1.63. The van der Waals surface area contributed by atoms with E-state index in [1.165, 1.54) is 0 Å². The predicted molar refractivity (Wildman–Crippen MR) is 88.8 cm³/mol. The fourth-order valence-corrected chi connectivity index (χ4v) is 2.70. The van der Waals surface area contributed by atoms with Crippen molar-refractivity contribution in [2.24, 2.45) is 0 Å². The van der Waals surface area contributed by atoms with Crippen molar-refractivity contribution in [3.8, 4) is 0 Å². The van der Waals surface area contributed by atoms with Crippen LogP contribution in [0.1, 0.15) is 15.9 Å². The molecule has 2 aromatic carbocycles. The Bertz CT molecular complexity index is 786. The minimum absolute atomic E-state index is 0.153. The van der Waals surface area contributed by atoms with Crippen LogP contribution in [0.3, 0.4) is 0 Å². The molecule has 0 unspecified atom stereocenters. The van der Waals surface area contributed by atoms with Gasteiger partial charge in [0.15, 0.2) is 0 Å². The zero-order valence-corrected chi connectivity index (χ0v) is 13.5. The first kappa shape index (κ1) is 16.0. The number of para-hydroxylation sites is 1. The lowest BCUT2D eigenvalue weighted by Crippen LogP contribution is -2.26. The number of hydrogen-bond donors (Lipinski definition) is 1. The summed E-state index contributed by atoms with van der Waals surface area (Å²) in [5.74, 6) is -0.153. The Morgan fingerprint density at radius 1 is 1.09 bits per heavy atom. The van der Waals surface area contributed by atoms with Crippen LogP contribution in [0.4, 0.5) is 11.4 Å². The fourth-order valence-electron chi connectivity index (χ4n) is 2.07. The number of nitrogens with zero attached hydrogens (tertiary/aromatic N) is 1. The summed E-state index contributed by atoms with van der Waals surface area (Å²) in [6.07, 6.45) is 1.09. The van der Waals surface area contributed by atoms with E-state index in [2.05, 4.69) is 4.72 Å². The van der Waals surface area contributed by atoms with Crippen molar-refractivity contribution in [2.75, 3.05) is 22.9 Å². The Morgan fingerprint density at radius 2 is 1.73 bits per heavy atom. The Balaban J connectivity index is 2.26. The number of rotatable bonds is 4. The number of carbonyl (C=O) groups is 1. The Morgan fingerprint density at radius 3 is 2.27 bits per heavy atom. The molecule has 6 heteroatoms. The molecule has 1 N–H and O–H groups in total. The molecule has 2 aromatic rings. The van der Waals surface area contributed by atoms with Crippen molar-refractivity contribution in [3.05, 3.63) is 59.7 Å². The lowest BCUT2D eigenvalue weighted by Gasteiger charge is -2.18. The third-order valence-corrected chi connectivity index (χ3v) is 3.81. The third-order valence-electron chi connectivity index (χ3n) is 3.22. The summed E-state index contributed by atoms with van der Waals surface area (Å²) in [5, 5.41) is 0.